The third-order valence-corrected chi connectivity index (χ3v) is 4.98. The van der Waals surface area contributed by atoms with Crippen LogP contribution < -0.4 is 0 Å². The minimum absolute atomic E-state index is 0.197. The van der Waals surface area contributed by atoms with Gasteiger partial charge in [-0.1, -0.05) is 12.2 Å². The average molecular weight is 266 g/mol. The summed E-state index contributed by atoms with van der Waals surface area (Å²) < 4.78 is 12.0. The highest BCUT2D eigenvalue weighted by molar-refractivity contribution is 5.79. The maximum Gasteiger partial charge on any atom is 0.132 e. The molecule has 0 aromatic carbocycles. The summed E-state index contributed by atoms with van der Waals surface area (Å²) in [7, 11) is 0. The van der Waals surface area contributed by atoms with Crippen LogP contribution in [0.4, 0.5) is 4.39 Å². The second-order valence-corrected chi connectivity index (χ2v) is 6.31. The molecule has 2 aliphatic rings. The fraction of sp³-hybridized carbons (Fsp3) is 0.824. The van der Waals surface area contributed by atoms with Crippen LogP contribution in [-0.4, -0.2) is 12.5 Å². The summed E-state index contributed by atoms with van der Waals surface area (Å²) in [6, 6.07) is 0. The van der Waals surface area contributed by atoms with Crippen molar-refractivity contribution in [3.8, 4) is 0 Å². The van der Waals surface area contributed by atoms with E-state index >= 15 is 0 Å². The van der Waals surface area contributed by atoms with Crippen LogP contribution in [0.1, 0.15) is 64.2 Å². The van der Waals surface area contributed by atoms with Gasteiger partial charge < -0.3 is 0 Å². The van der Waals surface area contributed by atoms with Crippen molar-refractivity contribution in [3.05, 3.63) is 12.2 Å². The normalized spacial score (nSPS) is 30.1. The van der Waals surface area contributed by atoms with Crippen LogP contribution >= 0.6 is 0 Å². The highest BCUT2D eigenvalue weighted by Crippen LogP contribution is 2.39. The molecular formula is C17H27FO. The van der Waals surface area contributed by atoms with Crippen molar-refractivity contribution in [3.63, 3.8) is 0 Å². The fourth-order valence-electron chi connectivity index (χ4n) is 3.73. The Balaban J connectivity index is 1.67. The molecule has 0 radical (unpaired) electrons. The monoisotopic (exact) mass is 266 g/mol. The molecule has 0 saturated heterocycles. The molecule has 0 N–H and O–H groups in total. The van der Waals surface area contributed by atoms with E-state index in [4.69, 9.17) is 0 Å². The number of rotatable bonds is 5. The van der Waals surface area contributed by atoms with E-state index in [1.54, 1.807) is 0 Å². The molecule has 2 fully saturated rings. The summed E-state index contributed by atoms with van der Waals surface area (Å²) in [5.41, 5.74) is 0. The molecule has 1 nitrogen and oxygen atoms in total. The molecule has 0 spiro atoms. The molecule has 0 aliphatic heterocycles. The third-order valence-electron chi connectivity index (χ3n) is 4.98. The Labute approximate surface area is 116 Å². The number of allylic oxidation sites excluding steroid dienone is 2. The largest absolute Gasteiger partial charge is 0.300 e. The van der Waals surface area contributed by atoms with Crippen LogP contribution in [0.25, 0.3) is 0 Å². The van der Waals surface area contributed by atoms with E-state index in [-0.39, 0.29) is 6.67 Å². The molecule has 2 heteroatoms. The summed E-state index contributed by atoms with van der Waals surface area (Å²) in [6.45, 7) is -0.197. The van der Waals surface area contributed by atoms with E-state index in [0.717, 1.165) is 49.9 Å². The Morgan fingerprint density at radius 1 is 1.00 bits per heavy atom. The van der Waals surface area contributed by atoms with Gasteiger partial charge in [0.25, 0.3) is 0 Å². The number of carbonyl (C=O) groups excluding carboxylic acids is 1. The van der Waals surface area contributed by atoms with Crippen molar-refractivity contribution in [2.45, 2.75) is 64.2 Å². The predicted molar refractivity (Wildman–Crippen MR) is 76.8 cm³/mol. The number of hydrogen-bond donors (Lipinski definition) is 0. The highest BCUT2D eigenvalue weighted by Gasteiger charge is 2.29. The molecule has 0 unspecified atom stereocenters. The molecule has 2 rings (SSSR count). The number of unbranched alkanes of at least 4 members (excludes halogenated alkanes) is 1. The van der Waals surface area contributed by atoms with Gasteiger partial charge in [-0.2, -0.15) is 0 Å². The summed E-state index contributed by atoms with van der Waals surface area (Å²) in [5.74, 6) is 2.87. The fourth-order valence-corrected chi connectivity index (χ4v) is 3.73. The SMILES string of the molecule is O=C1CCC(C2CCC(C=CCCCF)CC2)CC1. The molecule has 0 aromatic heterocycles. The Bertz CT molecular complexity index is 292. The van der Waals surface area contributed by atoms with Gasteiger partial charge in [0.2, 0.25) is 0 Å². The van der Waals surface area contributed by atoms with Gasteiger partial charge in [0.15, 0.2) is 0 Å². The van der Waals surface area contributed by atoms with Crippen LogP contribution in [0, 0.1) is 17.8 Å². The topological polar surface area (TPSA) is 17.1 Å². The van der Waals surface area contributed by atoms with Gasteiger partial charge in [-0.15, -0.1) is 0 Å². The molecule has 0 bridgehead atoms. The van der Waals surface area contributed by atoms with E-state index < -0.39 is 0 Å². The van der Waals surface area contributed by atoms with E-state index in [1.807, 2.05) is 0 Å². The van der Waals surface area contributed by atoms with Gasteiger partial charge >= 0.3 is 0 Å². The quantitative estimate of drug-likeness (QED) is 0.513. The zero-order chi connectivity index (χ0) is 13.5. The van der Waals surface area contributed by atoms with Crippen molar-refractivity contribution in [2.75, 3.05) is 6.67 Å². The van der Waals surface area contributed by atoms with Crippen molar-refractivity contribution in [1.29, 1.82) is 0 Å². The van der Waals surface area contributed by atoms with Crippen molar-refractivity contribution in [2.24, 2.45) is 17.8 Å². The lowest BCUT2D eigenvalue weighted by Crippen LogP contribution is -2.25. The highest BCUT2D eigenvalue weighted by atomic mass is 19.1. The van der Waals surface area contributed by atoms with Crippen LogP contribution in [-0.2, 0) is 4.79 Å². The molecule has 0 atom stereocenters. The Morgan fingerprint density at radius 3 is 2.26 bits per heavy atom. The number of hydrogen-bond acceptors (Lipinski definition) is 1. The first-order chi connectivity index (χ1) is 9.29. The number of Topliss-reactive ketones (excluding diaryl/α,β-unsaturated/α-hetero) is 1. The minimum Gasteiger partial charge on any atom is -0.300 e. The van der Waals surface area contributed by atoms with Crippen LogP contribution in [0.2, 0.25) is 0 Å². The van der Waals surface area contributed by atoms with Crippen LogP contribution in [0.15, 0.2) is 12.2 Å². The Kier molecular flexibility index (Phi) is 6.06. The molecule has 2 saturated carbocycles. The lowest BCUT2D eigenvalue weighted by molar-refractivity contribution is -0.121. The Morgan fingerprint density at radius 2 is 1.63 bits per heavy atom. The van der Waals surface area contributed by atoms with Gasteiger partial charge in [-0.3, -0.25) is 9.18 Å². The lowest BCUT2D eigenvalue weighted by Gasteiger charge is -2.34. The zero-order valence-electron chi connectivity index (χ0n) is 12.0. The third kappa shape index (κ3) is 4.74. The smallest absolute Gasteiger partial charge is 0.132 e. The van der Waals surface area contributed by atoms with Crippen molar-refractivity contribution < 1.29 is 9.18 Å². The first kappa shape index (κ1) is 14.7. The summed E-state index contributed by atoms with van der Waals surface area (Å²) in [4.78, 5) is 11.3. The van der Waals surface area contributed by atoms with Gasteiger partial charge in [-0.25, -0.2) is 0 Å². The second kappa shape index (κ2) is 7.81. The van der Waals surface area contributed by atoms with Crippen molar-refractivity contribution >= 4 is 5.78 Å². The number of ketones is 1. The van der Waals surface area contributed by atoms with E-state index in [0.29, 0.717) is 12.2 Å². The van der Waals surface area contributed by atoms with Crippen LogP contribution in [0.5, 0.6) is 0 Å². The molecule has 108 valence electrons. The Hall–Kier alpha value is -0.660. The maximum absolute atomic E-state index is 12.0. The standard InChI is InChI=1S/C17H27FO/c18-13-3-1-2-4-14-5-7-15(8-6-14)16-9-11-17(19)12-10-16/h2,4,14-16H,1,3,5-13H2. The average Bonchev–Trinajstić information content (AvgIpc) is 2.45. The maximum atomic E-state index is 12.0. The van der Waals surface area contributed by atoms with Crippen molar-refractivity contribution in [1.82, 2.24) is 0 Å². The summed E-state index contributed by atoms with van der Waals surface area (Å²) >= 11 is 0. The summed E-state index contributed by atoms with van der Waals surface area (Å²) in [6.07, 6.45) is 15.2. The number of halogens is 1. The molecular weight excluding hydrogens is 239 g/mol. The van der Waals surface area contributed by atoms with Gasteiger partial charge in [0.05, 0.1) is 6.67 Å². The summed E-state index contributed by atoms with van der Waals surface area (Å²) in [5, 5.41) is 0. The second-order valence-electron chi connectivity index (χ2n) is 6.31. The molecule has 0 amide bonds. The first-order valence-electron chi connectivity index (χ1n) is 8.04. The minimum atomic E-state index is -0.197. The molecule has 0 aromatic rings. The molecule has 19 heavy (non-hydrogen) atoms. The van der Waals surface area contributed by atoms with E-state index in [2.05, 4.69) is 12.2 Å². The number of alkyl halides is 1. The van der Waals surface area contributed by atoms with E-state index in [1.165, 1.54) is 25.7 Å². The van der Waals surface area contributed by atoms with E-state index in [9.17, 15) is 9.18 Å². The first-order valence-corrected chi connectivity index (χ1v) is 8.04. The molecule has 0 heterocycles. The number of carbonyl (C=O) groups is 1. The predicted octanol–water partition coefficient (Wildman–Crippen LogP) is 4.86. The van der Waals surface area contributed by atoms with Crippen LogP contribution in [0.3, 0.4) is 0 Å². The lowest BCUT2D eigenvalue weighted by atomic mass is 9.71. The van der Waals surface area contributed by atoms with Gasteiger partial charge in [0, 0.05) is 12.8 Å². The van der Waals surface area contributed by atoms with Gasteiger partial charge in [0.1, 0.15) is 5.78 Å². The zero-order valence-corrected chi connectivity index (χ0v) is 12.0. The molecule has 2 aliphatic carbocycles. The van der Waals surface area contributed by atoms with Gasteiger partial charge in [-0.05, 0) is 69.1 Å².